The van der Waals surface area contributed by atoms with Crippen LogP contribution < -0.4 is 64.6 Å². The number of rotatable bonds is 26. The van der Waals surface area contributed by atoms with Gasteiger partial charge in [-0.1, -0.05) is 85.0 Å². The van der Waals surface area contributed by atoms with E-state index in [0.29, 0.717) is 24.3 Å². The van der Waals surface area contributed by atoms with Crippen molar-refractivity contribution in [1.29, 1.82) is 0 Å². The van der Waals surface area contributed by atoms with Crippen molar-refractivity contribution in [2.45, 2.75) is 176 Å². The zero-order valence-electron chi connectivity index (χ0n) is 50.7. The number of fused-ring (bicyclic) bond motifs is 4. The molecule has 0 saturated heterocycles. The third-order valence-corrected chi connectivity index (χ3v) is 18.9. The summed E-state index contributed by atoms with van der Waals surface area (Å²) >= 11 is 3.11. The average molecular weight is 1230 g/mol. The molecule has 2 aromatic rings. The minimum absolute atomic E-state index is 0.000146. The molecule has 4 bridgehead atoms. The number of nitrogens with two attached hydrogens (primary N) is 2. The van der Waals surface area contributed by atoms with Gasteiger partial charge in [0.25, 0.3) is 0 Å². The summed E-state index contributed by atoms with van der Waals surface area (Å²) in [5.41, 5.74) is 6.91. The first-order valence-corrected chi connectivity index (χ1v) is 30.6. The zero-order valence-corrected chi connectivity index (χ0v) is 52.3. The van der Waals surface area contributed by atoms with Crippen molar-refractivity contribution >= 4 is 94.4 Å². The number of hydrogen-bond acceptors (Lipinski definition) is 14. The van der Waals surface area contributed by atoms with Gasteiger partial charge in [0, 0.05) is 47.7 Å². The molecule has 0 aliphatic heterocycles. The number of hydrogen-bond donors (Lipinski definition) is 12. The first-order chi connectivity index (χ1) is 40.2. The van der Waals surface area contributed by atoms with Crippen LogP contribution >= 0.6 is 23.5 Å². The van der Waals surface area contributed by atoms with Crippen LogP contribution in [-0.4, -0.2) is 140 Å². The van der Waals surface area contributed by atoms with Gasteiger partial charge in [0.15, 0.2) is 0 Å². The van der Waals surface area contributed by atoms with Gasteiger partial charge in [0.2, 0.25) is 70.9 Å². The van der Waals surface area contributed by atoms with Crippen molar-refractivity contribution in [3.63, 3.8) is 0 Å². The Hall–Kier alpha value is -7.74. The molecule has 26 heteroatoms. The molecule has 86 heavy (non-hydrogen) atoms. The van der Waals surface area contributed by atoms with E-state index in [4.69, 9.17) is 11.5 Å². The second kappa shape index (κ2) is 29.1. The molecule has 2 saturated carbocycles. The molecule has 24 nitrogen and oxygen atoms in total. The van der Waals surface area contributed by atoms with E-state index in [1.165, 1.54) is 69.2 Å². The fourth-order valence-electron chi connectivity index (χ4n) is 10.7. The molecular weight excluding hydrogens is 1140 g/mol. The van der Waals surface area contributed by atoms with Crippen molar-refractivity contribution in [2.75, 3.05) is 0 Å². The van der Waals surface area contributed by atoms with Gasteiger partial charge in [-0.25, -0.2) is 0 Å². The molecule has 14 atom stereocenters. The molecule has 4 aliphatic rings. The van der Waals surface area contributed by atoms with E-state index in [0.717, 1.165) is 11.1 Å². The van der Waals surface area contributed by atoms with Gasteiger partial charge in [-0.15, -0.1) is 0 Å². The summed E-state index contributed by atoms with van der Waals surface area (Å²) in [4.78, 5) is 153. The minimum Gasteiger partial charge on any atom is -0.368 e. The van der Waals surface area contributed by atoms with Gasteiger partial charge in [0.1, 0.15) is 58.4 Å². The average Bonchev–Trinajstić information content (AvgIpc) is 1.59. The zero-order chi connectivity index (χ0) is 64.2. The van der Waals surface area contributed by atoms with Crippen LogP contribution in [0.2, 0.25) is 0 Å². The lowest BCUT2D eigenvalue weighted by Gasteiger charge is -2.42. The Morgan fingerprint density at radius 2 is 0.779 bits per heavy atom. The van der Waals surface area contributed by atoms with Crippen molar-refractivity contribution in [3.05, 3.63) is 96.1 Å². The highest BCUT2D eigenvalue weighted by Crippen LogP contribution is 2.54. The molecule has 468 valence electrons. The number of benzene rings is 2. The molecule has 2 aromatic carbocycles. The molecular formula is C60H84N12O12S2. The van der Waals surface area contributed by atoms with Gasteiger partial charge in [-0.2, -0.15) is 23.5 Å². The van der Waals surface area contributed by atoms with Crippen molar-refractivity contribution in [2.24, 2.45) is 35.1 Å². The van der Waals surface area contributed by atoms with E-state index in [1.807, 2.05) is 72.8 Å². The second-order valence-electron chi connectivity index (χ2n) is 23.6. The van der Waals surface area contributed by atoms with E-state index >= 15 is 0 Å². The first-order valence-electron chi connectivity index (χ1n) is 28.5. The summed E-state index contributed by atoms with van der Waals surface area (Å²) in [6.45, 7) is 17.4. The van der Waals surface area contributed by atoms with Gasteiger partial charge < -0.3 is 64.6 Å². The maximum absolute atomic E-state index is 14.2. The van der Waals surface area contributed by atoms with Crippen LogP contribution in [-0.2, 0) is 69.0 Å². The topological polar surface area (TPSA) is 377 Å². The summed E-state index contributed by atoms with van der Waals surface area (Å²) in [7, 11) is 0. The Labute approximate surface area is 510 Å². The number of nitrogens with one attached hydrogen (secondary N) is 10. The Morgan fingerprint density at radius 1 is 0.465 bits per heavy atom. The van der Waals surface area contributed by atoms with Crippen LogP contribution in [0.25, 0.3) is 0 Å². The second-order valence-corrected chi connectivity index (χ2v) is 25.9. The molecule has 4 aliphatic carbocycles. The van der Waals surface area contributed by atoms with E-state index in [9.17, 15) is 57.5 Å². The third-order valence-electron chi connectivity index (χ3n) is 15.7. The predicted molar refractivity (Wildman–Crippen MR) is 326 cm³/mol. The highest BCUT2D eigenvalue weighted by molar-refractivity contribution is 7.99. The Bertz CT molecular complexity index is 2770. The van der Waals surface area contributed by atoms with E-state index in [-0.39, 0.29) is 46.0 Å². The summed E-state index contributed by atoms with van der Waals surface area (Å²) in [5.74, 6) is -6.35. The largest absolute Gasteiger partial charge is 0.368 e. The molecule has 14 N–H and O–H groups in total. The number of carbonyl (C=O) groups is 12. The lowest BCUT2D eigenvalue weighted by molar-refractivity contribution is -0.139. The number of thioether (sulfide) groups is 2. The fraction of sp³-hybridized carbons (Fsp3) is 0.533. The maximum atomic E-state index is 14.2. The summed E-state index contributed by atoms with van der Waals surface area (Å²) in [5, 5.41) is 26.0. The molecule has 6 rings (SSSR count). The van der Waals surface area contributed by atoms with Gasteiger partial charge >= 0.3 is 0 Å². The highest BCUT2D eigenvalue weighted by Gasteiger charge is 2.63. The van der Waals surface area contributed by atoms with Crippen molar-refractivity contribution in [1.82, 2.24) is 53.2 Å². The van der Waals surface area contributed by atoms with E-state index < -0.39 is 117 Å². The Morgan fingerprint density at radius 3 is 1.08 bits per heavy atom. The van der Waals surface area contributed by atoms with Crippen molar-refractivity contribution in [3.8, 4) is 0 Å². The number of primary amides is 2. The molecule has 0 spiro atoms. The quantitative estimate of drug-likeness (QED) is 0.0572. The number of amides is 12. The number of allylic oxidation sites excluding steroid dienone is 2. The number of carbonyl (C=O) groups excluding carboxylic acids is 12. The third kappa shape index (κ3) is 16.8. The summed E-state index contributed by atoms with van der Waals surface area (Å²) in [6.07, 6.45) is 9.25. The molecule has 0 radical (unpaired) electrons. The van der Waals surface area contributed by atoms with E-state index in [2.05, 4.69) is 65.3 Å². The minimum atomic E-state index is -1.43. The van der Waals surface area contributed by atoms with Crippen LogP contribution in [0.1, 0.15) is 107 Å². The standard InChI is InChI=1S/2C30H42N6O6S/c2*1-16(24(31)38)33-27(41)29(5,6)35-25(39)18(3)34-28(42)30(36-26(40)17(2)32-19(4)37)22-13-12-21(14-22)23(30)43-15-20-10-8-7-9-11-20/h2*7-13,16-18,21-23H,14-15H2,1-6H3,(H2,31,38)(H,32,37)(H,33,41)(H,34,42)(H,35,39)(H,36,40)/t2*16-,17-,18-,21-,22+,23-,30+/m00/s1. The van der Waals surface area contributed by atoms with E-state index in [1.54, 1.807) is 37.4 Å². The lowest BCUT2D eigenvalue weighted by Crippen LogP contribution is -2.70. The SMILES string of the molecule is CC(=O)N[C@@H](C)C(=O)N[C@]1(C(=O)N[C@@H](C)C(=O)NC(C)(C)C(=O)N[C@@H](C)C(N)=O)[C@@H]2C=C[C@@H](C2)[C@@H]1SCc1ccccc1.CC(=O)N[C@@H](C)C(=O)N[C@]1(C(=O)N[C@@H](C)C(=O)NC(C)(C)C(=O)N[C@@H](C)C(N)=O)[C@@H]2C=C[C@@H](C2)[C@@H]1SCc1ccccc1. The lowest BCUT2D eigenvalue weighted by atomic mass is 9.82. The molecule has 2 fully saturated rings. The normalized spacial score (nSPS) is 24.3. The van der Waals surface area contributed by atoms with Gasteiger partial charge in [0.05, 0.1) is 0 Å². The predicted octanol–water partition coefficient (Wildman–Crippen LogP) is 0.527. The van der Waals surface area contributed by atoms with Crippen LogP contribution in [0.4, 0.5) is 0 Å². The highest BCUT2D eigenvalue weighted by atomic mass is 32.2. The van der Waals surface area contributed by atoms with Crippen molar-refractivity contribution < 1.29 is 57.5 Å². The first kappa shape index (κ1) is 69.0. The fourth-order valence-corrected chi connectivity index (χ4v) is 13.9. The van der Waals surface area contributed by atoms with Crippen LogP contribution in [0.5, 0.6) is 0 Å². The molecule has 0 heterocycles. The van der Waals surface area contributed by atoms with Crippen LogP contribution in [0, 0.1) is 23.7 Å². The maximum Gasteiger partial charge on any atom is 0.248 e. The monoisotopic (exact) mass is 1230 g/mol. The summed E-state index contributed by atoms with van der Waals surface area (Å²) < 4.78 is 0. The Kier molecular flexibility index (Phi) is 23.4. The molecule has 0 aromatic heterocycles. The smallest absolute Gasteiger partial charge is 0.248 e. The van der Waals surface area contributed by atoms with Crippen LogP contribution in [0.15, 0.2) is 85.0 Å². The van der Waals surface area contributed by atoms with Gasteiger partial charge in [-0.05, 0) is 105 Å². The Balaban J connectivity index is 0.000000314. The molecule has 12 amide bonds. The molecule has 0 unspecified atom stereocenters. The van der Waals surface area contributed by atoms with Gasteiger partial charge in [-0.3, -0.25) is 57.5 Å². The summed E-state index contributed by atoms with van der Waals surface area (Å²) in [6, 6.07) is 13.7. The van der Waals surface area contributed by atoms with Crippen LogP contribution in [0.3, 0.4) is 0 Å².